The molecule has 0 heterocycles. The summed E-state index contributed by atoms with van der Waals surface area (Å²) in [6.07, 6.45) is 4.92. The van der Waals surface area contributed by atoms with Gasteiger partial charge in [0.2, 0.25) is 0 Å². The summed E-state index contributed by atoms with van der Waals surface area (Å²) >= 11 is 0. The molecule has 0 unspecified atom stereocenters. The average Bonchev–Trinajstić information content (AvgIpc) is 3.29. The van der Waals surface area contributed by atoms with Crippen LogP contribution in [0.25, 0.3) is 0 Å². The van der Waals surface area contributed by atoms with Crippen LogP contribution < -0.4 is 24.8 Å². The van der Waals surface area contributed by atoms with Crippen LogP contribution in [-0.4, -0.2) is 37.9 Å². The number of nitrogens with zero attached hydrogens (tertiary/aromatic N) is 1. The molecule has 8 heteroatoms. The van der Waals surface area contributed by atoms with Crippen molar-refractivity contribution in [1.82, 2.24) is 10.6 Å². The molecule has 0 aliphatic heterocycles. The number of aromatic hydroxyl groups is 1. The summed E-state index contributed by atoms with van der Waals surface area (Å²) in [5, 5.41) is 16.6. The van der Waals surface area contributed by atoms with Gasteiger partial charge in [-0.15, -0.1) is 24.0 Å². The first-order chi connectivity index (χ1) is 15.1. The second-order valence-electron chi connectivity index (χ2n) is 7.55. The van der Waals surface area contributed by atoms with E-state index in [-0.39, 0.29) is 35.8 Å². The summed E-state index contributed by atoms with van der Waals surface area (Å²) in [4.78, 5) is 4.64. The molecule has 0 saturated heterocycles. The average molecular weight is 555 g/mol. The van der Waals surface area contributed by atoms with Gasteiger partial charge < -0.3 is 30.0 Å². The molecule has 1 aliphatic rings. The third-order valence-electron chi connectivity index (χ3n) is 5.32. The number of guanidine groups is 1. The van der Waals surface area contributed by atoms with Crippen molar-refractivity contribution >= 4 is 29.9 Å². The van der Waals surface area contributed by atoms with Gasteiger partial charge in [-0.3, -0.25) is 0 Å². The third-order valence-corrected chi connectivity index (χ3v) is 5.32. The largest absolute Gasteiger partial charge is 0.504 e. The maximum absolute atomic E-state index is 9.97. The van der Waals surface area contributed by atoms with Crippen molar-refractivity contribution in [2.24, 2.45) is 4.99 Å². The minimum atomic E-state index is 0. The standard InChI is InChI=1S/C24H33N3O4.HI/c1-4-25-24(26-15-17-9-12-22(30-3)21(28)13-17)27-16-18-10-11-20(29-2)14-23(18)31-19-7-5-6-8-19;/h9-14,19,28H,4-8,15-16H2,1-3H3,(H2,25,26,27);1H. The normalized spacial score (nSPS) is 13.9. The number of phenolic OH excluding ortho intramolecular Hbond substituents is 1. The van der Waals surface area contributed by atoms with Gasteiger partial charge in [-0.2, -0.15) is 0 Å². The van der Waals surface area contributed by atoms with E-state index in [1.165, 1.54) is 20.0 Å². The fourth-order valence-electron chi connectivity index (χ4n) is 3.63. The van der Waals surface area contributed by atoms with Gasteiger partial charge in [-0.25, -0.2) is 4.99 Å². The highest BCUT2D eigenvalue weighted by Crippen LogP contribution is 2.30. The van der Waals surface area contributed by atoms with E-state index in [1.807, 2.05) is 31.2 Å². The molecule has 0 aromatic heterocycles. The number of rotatable bonds is 9. The minimum absolute atomic E-state index is 0. The predicted molar refractivity (Wildman–Crippen MR) is 138 cm³/mol. The Morgan fingerprint density at radius 1 is 1.03 bits per heavy atom. The lowest BCUT2D eigenvalue weighted by atomic mass is 10.1. The van der Waals surface area contributed by atoms with Gasteiger partial charge in [0.1, 0.15) is 11.5 Å². The molecule has 1 fully saturated rings. The molecule has 2 aromatic carbocycles. The van der Waals surface area contributed by atoms with E-state index in [9.17, 15) is 5.11 Å². The van der Waals surface area contributed by atoms with Gasteiger partial charge in [0, 0.05) is 24.7 Å². The van der Waals surface area contributed by atoms with E-state index >= 15 is 0 Å². The number of aliphatic imine (C=N–C) groups is 1. The van der Waals surface area contributed by atoms with Crippen molar-refractivity contribution < 1.29 is 19.3 Å². The Hall–Kier alpha value is -2.36. The number of ether oxygens (including phenoxy) is 3. The minimum Gasteiger partial charge on any atom is -0.504 e. The lowest BCUT2D eigenvalue weighted by Crippen LogP contribution is -2.37. The Bertz CT molecular complexity index is 886. The summed E-state index contributed by atoms with van der Waals surface area (Å²) in [6, 6.07) is 11.2. The van der Waals surface area contributed by atoms with Gasteiger partial charge in [-0.05, 0) is 62.4 Å². The van der Waals surface area contributed by atoms with Crippen LogP contribution in [0.1, 0.15) is 43.7 Å². The van der Waals surface area contributed by atoms with Crippen molar-refractivity contribution in [3.63, 3.8) is 0 Å². The van der Waals surface area contributed by atoms with Crippen molar-refractivity contribution in [2.45, 2.75) is 51.8 Å². The quantitative estimate of drug-likeness (QED) is 0.238. The van der Waals surface area contributed by atoms with Gasteiger partial charge in [-0.1, -0.05) is 6.07 Å². The number of halogens is 1. The molecule has 1 saturated carbocycles. The Balaban J connectivity index is 0.00000363. The molecule has 2 aromatic rings. The molecular weight excluding hydrogens is 521 g/mol. The van der Waals surface area contributed by atoms with E-state index in [2.05, 4.69) is 15.6 Å². The van der Waals surface area contributed by atoms with Gasteiger partial charge >= 0.3 is 0 Å². The van der Waals surface area contributed by atoms with Crippen LogP contribution in [0.15, 0.2) is 41.4 Å². The summed E-state index contributed by atoms with van der Waals surface area (Å²) in [6.45, 7) is 3.78. The summed E-state index contributed by atoms with van der Waals surface area (Å²) in [7, 11) is 3.20. The number of methoxy groups -OCH3 is 2. The highest BCUT2D eigenvalue weighted by molar-refractivity contribution is 14.0. The van der Waals surface area contributed by atoms with Crippen LogP contribution >= 0.6 is 24.0 Å². The summed E-state index contributed by atoms with van der Waals surface area (Å²) in [5.74, 6) is 2.90. The summed E-state index contributed by atoms with van der Waals surface area (Å²) in [5.41, 5.74) is 1.95. The Morgan fingerprint density at radius 3 is 2.47 bits per heavy atom. The lowest BCUT2D eigenvalue weighted by molar-refractivity contribution is 0.207. The van der Waals surface area contributed by atoms with Gasteiger partial charge in [0.25, 0.3) is 0 Å². The fourth-order valence-corrected chi connectivity index (χ4v) is 3.63. The number of benzene rings is 2. The number of hydrogen-bond acceptors (Lipinski definition) is 5. The second-order valence-corrected chi connectivity index (χ2v) is 7.55. The fraction of sp³-hybridized carbons (Fsp3) is 0.458. The zero-order valence-corrected chi connectivity index (χ0v) is 21.3. The van der Waals surface area contributed by atoms with Crippen molar-refractivity contribution in [2.75, 3.05) is 20.8 Å². The van der Waals surface area contributed by atoms with Crippen molar-refractivity contribution in [3.8, 4) is 23.0 Å². The first-order valence-corrected chi connectivity index (χ1v) is 10.8. The molecule has 176 valence electrons. The highest BCUT2D eigenvalue weighted by atomic mass is 127. The van der Waals surface area contributed by atoms with E-state index in [4.69, 9.17) is 14.2 Å². The number of nitrogens with one attached hydrogen (secondary N) is 2. The van der Waals surface area contributed by atoms with E-state index < -0.39 is 0 Å². The van der Waals surface area contributed by atoms with Crippen LogP contribution in [0.2, 0.25) is 0 Å². The second kappa shape index (κ2) is 13.2. The highest BCUT2D eigenvalue weighted by Gasteiger charge is 2.18. The van der Waals surface area contributed by atoms with Crippen molar-refractivity contribution in [3.05, 3.63) is 47.5 Å². The summed E-state index contributed by atoms with van der Waals surface area (Å²) < 4.78 is 16.8. The first-order valence-electron chi connectivity index (χ1n) is 10.8. The zero-order valence-electron chi connectivity index (χ0n) is 19.0. The topological polar surface area (TPSA) is 84.3 Å². The third kappa shape index (κ3) is 7.36. The molecule has 7 nitrogen and oxygen atoms in total. The molecule has 3 N–H and O–H groups in total. The molecule has 1 aliphatic carbocycles. The van der Waals surface area contributed by atoms with Crippen LogP contribution in [0, 0.1) is 0 Å². The van der Waals surface area contributed by atoms with Crippen molar-refractivity contribution in [1.29, 1.82) is 0 Å². The van der Waals surface area contributed by atoms with E-state index in [0.717, 1.165) is 42.0 Å². The first kappa shape index (κ1) is 25.9. The maximum atomic E-state index is 9.97. The van der Waals surface area contributed by atoms with E-state index in [1.54, 1.807) is 19.2 Å². The maximum Gasteiger partial charge on any atom is 0.191 e. The number of hydrogen-bond donors (Lipinski definition) is 3. The SMILES string of the molecule is CCNC(=NCc1ccc(OC)c(O)c1)NCc1ccc(OC)cc1OC1CCCC1.I. The van der Waals surface area contributed by atoms with Crippen LogP contribution in [0.5, 0.6) is 23.0 Å². The Kier molecular flexibility index (Phi) is 10.7. The molecule has 0 radical (unpaired) electrons. The predicted octanol–water partition coefficient (Wildman–Crippen LogP) is 4.60. The van der Waals surface area contributed by atoms with E-state index in [0.29, 0.717) is 24.8 Å². The smallest absolute Gasteiger partial charge is 0.191 e. The molecule has 0 spiro atoms. The van der Waals surface area contributed by atoms with Gasteiger partial charge in [0.05, 0.1) is 26.9 Å². The van der Waals surface area contributed by atoms with Crippen LogP contribution in [0.3, 0.4) is 0 Å². The van der Waals surface area contributed by atoms with Crippen LogP contribution in [-0.2, 0) is 13.1 Å². The molecule has 0 atom stereocenters. The Morgan fingerprint density at radius 2 is 1.81 bits per heavy atom. The monoisotopic (exact) mass is 555 g/mol. The molecule has 0 amide bonds. The molecule has 3 rings (SSSR count). The lowest BCUT2D eigenvalue weighted by Gasteiger charge is -2.19. The number of phenols is 1. The molecule has 0 bridgehead atoms. The molecule has 32 heavy (non-hydrogen) atoms. The van der Waals surface area contributed by atoms with Crippen LogP contribution in [0.4, 0.5) is 0 Å². The van der Waals surface area contributed by atoms with Gasteiger partial charge in [0.15, 0.2) is 17.5 Å². The Labute approximate surface area is 207 Å². The molecular formula is C24H34IN3O4. The zero-order chi connectivity index (χ0) is 22.1.